The maximum Gasteiger partial charge on any atom is 0.231 e. The third kappa shape index (κ3) is 5.05. The van der Waals surface area contributed by atoms with E-state index in [0.29, 0.717) is 34.5 Å². The van der Waals surface area contributed by atoms with E-state index in [2.05, 4.69) is 36.2 Å². The fourth-order valence-electron chi connectivity index (χ4n) is 4.35. The number of aromatic amines is 1. The minimum atomic E-state index is 0.0284. The molecule has 5 N–H and O–H groups in total. The molecule has 2 aromatic heterocycles. The molecular formula is C23H30N8O3. The molecule has 2 aliphatic heterocycles. The van der Waals surface area contributed by atoms with Gasteiger partial charge < -0.3 is 35.7 Å². The number of benzene rings is 1. The van der Waals surface area contributed by atoms with Gasteiger partial charge in [0, 0.05) is 36.9 Å². The zero-order valence-corrected chi connectivity index (χ0v) is 19.2. The molecule has 2 saturated heterocycles. The number of amides is 1. The summed E-state index contributed by atoms with van der Waals surface area (Å²) in [7, 11) is 1.59. The number of hydrogen-bond acceptors (Lipinski definition) is 9. The fourth-order valence-corrected chi connectivity index (χ4v) is 4.35. The molecule has 0 aliphatic carbocycles. The summed E-state index contributed by atoms with van der Waals surface area (Å²) in [5.74, 6) is 1.74. The number of carbonyl (C=O) groups is 1. The number of H-pyrrole nitrogens is 1. The molecule has 0 spiro atoms. The first-order chi connectivity index (χ1) is 16.7. The van der Waals surface area contributed by atoms with Crippen molar-refractivity contribution in [1.29, 1.82) is 0 Å². The molecule has 1 amide bonds. The van der Waals surface area contributed by atoms with Gasteiger partial charge in [0.25, 0.3) is 0 Å². The van der Waals surface area contributed by atoms with Gasteiger partial charge in [-0.2, -0.15) is 9.97 Å². The summed E-state index contributed by atoms with van der Waals surface area (Å²) in [6.45, 7) is 3.21. The van der Waals surface area contributed by atoms with Gasteiger partial charge in [0.05, 0.1) is 19.1 Å². The largest absolute Gasteiger partial charge is 0.494 e. The first kappa shape index (κ1) is 22.4. The molecule has 1 aromatic carbocycles. The Kier molecular flexibility index (Phi) is 6.72. The molecule has 4 heterocycles. The molecule has 180 valence electrons. The van der Waals surface area contributed by atoms with Crippen LogP contribution in [0.1, 0.15) is 25.7 Å². The number of rotatable bonds is 7. The lowest BCUT2D eigenvalue weighted by molar-refractivity contribution is -0.120. The van der Waals surface area contributed by atoms with E-state index < -0.39 is 0 Å². The van der Waals surface area contributed by atoms with Gasteiger partial charge in [-0.1, -0.05) is 0 Å². The smallest absolute Gasteiger partial charge is 0.231 e. The van der Waals surface area contributed by atoms with E-state index in [0.717, 1.165) is 57.5 Å². The molecule has 11 nitrogen and oxygen atoms in total. The highest BCUT2D eigenvalue weighted by Crippen LogP contribution is 2.31. The number of nitrogens with one attached hydrogen (secondary N) is 5. The number of imidazole rings is 1. The number of ether oxygens (including phenoxy) is 2. The molecule has 34 heavy (non-hydrogen) atoms. The summed E-state index contributed by atoms with van der Waals surface area (Å²) in [6, 6.07) is 5.77. The molecule has 0 atom stereocenters. The maximum atomic E-state index is 12.6. The van der Waals surface area contributed by atoms with Gasteiger partial charge in [-0.05, 0) is 50.9 Å². The van der Waals surface area contributed by atoms with Gasteiger partial charge in [0.1, 0.15) is 11.3 Å². The third-order valence-corrected chi connectivity index (χ3v) is 6.27. The Morgan fingerprint density at radius 2 is 1.97 bits per heavy atom. The van der Waals surface area contributed by atoms with Crippen LogP contribution in [0.2, 0.25) is 0 Å². The summed E-state index contributed by atoms with van der Waals surface area (Å²) in [6.07, 6.45) is 5.14. The van der Waals surface area contributed by atoms with E-state index in [4.69, 9.17) is 14.5 Å². The Balaban J connectivity index is 1.34. The van der Waals surface area contributed by atoms with Crippen molar-refractivity contribution in [1.82, 2.24) is 25.3 Å². The second-order valence-electron chi connectivity index (χ2n) is 8.58. The monoisotopic (exact) mass is 466 g/mol. The topological polar surface area (TPSA) is 138 Å². The van der Waals surface area contributed by atoms with Crippen molar-refractivity contribution in [3.63, 3.8) is 0 Å². The normalized spacial score (nSPS) is 17.4. The average Bonchev–Trinajstić information content (AvgIpc) is 3.35. The van der Waals surface area contributed by atoms with Crippen LogP contribution < -0.4 is 26.0 Å². The number of aromatic nitrogens is 4. The van der Waals surface area contributed by atoms with Crippen LogP contribution in [-0.4, -0.2) is 65.3 Å². The van der Waals surface area contributed by atoms with Crippen molar-refractivity contribution >= 4 is 40.2 Å². The van der Waals surface area contributed by atoms with Crippen LogP contribution in [-0.2, 0) is 9.53 Å². The second kappa shape index (κ2) is 10.2. The molecule has 0 radical (unpaired) electrons. The van der Waals surface area contributed by atoms with E-state index in [1.807, 2.05) is 12.1 Å². The maximum absolute atomic E-state index is 12.6. The van der Waals surface area contributed by atoms with Crippen LogP contribution in [0.5, 0.6) is 5.75 Å². The minimum absolute atomic E-state index is 0.0284. The predicted molar refractivity (Wildman–Crippen MR) is 130 cm³/mol. The highest BCUT2D eigenvalue weighted by atomic mass is 16.5. The minimum Gasteiger partial charge on any atom is -0.494 e. The van der Waals surface area contributed by atoms with Gasteiger partial charge in [0.2, 0.25) is 11.9 Å². The average molecular weight is 467 g/mol. The van der Waals surface area contributed by atoms with Gasteiger partial charge >= 0.3 is 0 Å². The van der Waals surface area contributed by atoms with E-state index in [-0.39, 0.29) is 17.9 Å². The summed E-state index contributed by atoms with van der Waals surface area (Å²) in [4.78, 5) is 29.3. The Morgan fingerprint density at radius 1 is 1.15 bits per heavy atom. The quantitative estimate of drug-likeness (QED) is 0.356. The van der Waals surface area contributed by atoms with Crippen molar-refractivity contribution < 1.29 is 14.3 Å². The van der Waals surface area contributed by atoms with Crippen LogP contribution in [0, 0.1) is 5.92 Å². The van der Waals surface area contributed by atoms with E-state index in [9.17, 15) is 4.79 Å². The molecule has 3 aromatic rings. The van der Waals surface area contributed by atoms with Crippen molar-refractivity contribution in [2.45, 2.75) is 31.7 Å². The number of anilines is 4. The van der Waals surface area contributed by atoms with Crippen molar-refractivity contribution in [2.75, 3.05) is 49.4 Å². The van der Waals surface area contributed by atoms with E-state index >= 15 is 0 Å². The molecule has 0 bridgehead atoms. The number of carbonyl (C=O) groups excluding carboxylic acids is 1. The van der Waals surface area contributed by atoms with Crippen LogP contribution in [0.25, 0.3) is 11.2 Å². The highest BCUT2D eigenvalue weighted by molar-refractivity contribution is 5.93. The first-order valence-corrected chi connectivity index (χ1v) is 11.7. The van der Waals surface area contributed by atoms with Gasteiger partial charge in [-0.3, -0.25) is 4.79 Å². The Labute approximate surface area is 197 Å². The number of piperidine rings is 1. The Hall–Kier alpha value is -3.44. The molecule has 11 heteroatoms. The molecule has 0 saturated carbocycles. The molecule has 2 fully saturated rings. The number of fused-ring (bicyclic) bond motifs is 1. The van der Waals surface area contributed by atoms with Gasteiger partial charge in [-0.15, -0.1) is 0 Å². The van der Waals surface area contributed by atoms with Crippen molar-refractivity contribution in [3.05, 3.63) is 24.5 Å². The van der Waals surface area contributed by atoms with Crippen LogP contribution in [0.4, 0.5) is 23.1 Å². The molecular weight excluding hydrogens is 436 g/mol. The predicted octanol–water partition coefficient (Wildman–Crippen LogP) is 2.63. The number of nitrogens with zero attached hydrogens (tertiary/aromatic N) is 3. The Bertz CT molecular complexity index is 1140. The third-order valence-electron chi connectivity index (χ3n) is 6.27. The van der Waals surface area contributed by atoms with Crippen LogP contribution >= 0.6 is 0 Å². The lowest BCUT2D eigenvalue weighted by Gasteiger charge is -2.24. The van der Waals surface area contributed by atoms with Crippen molar-refractivity contribution in [3.8, 4) is 5.75 Å². The zero-order valence-electron chi connectivity index (χ0n) is 19.2. The van der Waals surface area contributed by atoms with Gasteiger partial charge in [0.15, 0.2) is 11.5 Å². The van der Waals surface area contributed by atoms with Crippen LogP contribution in [0.3, 0.4) is 0 Å². The van der Waals surface area contributed by atoms with E-state index in [1.165, 1.54) is 0 Å². The molecule has 0 unspecified atom stereocenters. The standard InChI is InChI=1S/C23H30N8O3/c1-33-18-12-16(28-22(32)14-4-8-24-9-5-14)2-3-17(18)29-23-30-20-19(25-13-26-20)21(31-23)27-15-6-10-34-11-7-15/h2-3,12-15,24H,4-11H2,1H3,(H,28,32)(H3,25,26,27,29,30,31). The lowest BCUT2D eigenvalue weighted by Crippen LogP contribution is -2.34. The summed E-state index contributed by atoms with van der Waals surface area (Å²) >= 11 is 0. The number of methoxy groups -OCH3 is 1. The fraction of sp³-hybridized carbons (Fsp3) is 0.478. The Morgan fingerprint density at radius 3 is 2.76 bits per heavy atom. The summed E-state index contributed by atoms with van der Waals surface area (Å²) < 4.78 is 11.0. The zero-order chi connectivity index (χ0) is 23.3. The summed E-state index contributed by atoms with van der Waals surface area (Å²) in [5.41, 5.74) is 2.71. The highest BCUT2D eigenvalue weighted by Gasteiger charge is 2.22. The molecule has 5 rings (SSSR count). The van der Waals surface area contributed by atoms with E-state index in [1.54, 1.807) is 19.5 Å². The van der Waals surface area contributed by atoms with Crippen molar-refractivity contribution in [2.24, 2.45) is 5.92 Å². The first-order valence-electron chi connectivity index (χ1n) is 11.7. The summed E-state index contributed by atoms with van der Waals surface area (Å²) in [5, 5.41) is 13.0. The van der Waals surface area contributed by atoms with Crippen LogP contribution in [0.15, 0.2) is 24.5 Å². The second-order valence-corrected chi connectivity index (χ2v) is 8.58. The SMILES string of the molecule is COc1cc(NC(=O)C2CCNCC2)ccc1Nc1nc(NC2CCOCC2)c2[nH]cnc2n1. The molecule has 2 aliphatic rings. The van der Waals surface area contributed by atoms with Gasteiger partial charge in [-0.25, -0.2) is 4.98 Å². The lowest BCUT2D eigenvalue weighted by atomic mass is 9.97. The number of hydrogen-bond donors (Lipinski definition) is 5.